The highest BCUT2D eigenvalue weighted by atomic mass is 35.5. The van der Waals surface area contributed by atoms with Crippen LogP contribution in [0.1, 0.15) is 28.9 Å². The van der Waals surface area contributed by atoms with Gasteiger partial charge in [0.2, 0.25) is 10.0 Å². The number of primary sulfonamides is 1. The molecule has 1 unspecified atom stereocenters. The Morgan fingerprint density at radius 2 is 1.92 bits per heavy atom. The number of benzene rings is 2. The molecule has 2 aromatic carbocycles. The molecular formula is C16H17ClN2O4S. The summed E-state index contributed by atoms with van der Waals surface area (Å²) in [5, 5.41) is 7.85. The van der Waals surface area contributed by atoms with Crippen LogP contribution in [0, 0.1) is 0 Å². The quantitative estimate of drug-likeness (QED) is 0.846. The van der Waals surface area contributed by atoms with Crippen LogP contribution in [-0.4, -0.2) is 21.4 Å². The molecule has 0 fully saturated rings. The van der Waals surface area contributed by atoms with Gasteiger partial charge in [0.15, 0.2) is 0 Å². The molecule has 0 spiro atoms. The lowest BCUT2D eigenvalue weighted by atomic mass is 10.1. The summed E-state index contributed by atoms with van der Waals surface area (Å²) in [5.74, 6) is 0.196. The van der Waals surface area contributed by atoms with E-state index in [9.17, 15) is 13.2 Å². The molecule has 0 heterocycles. The number of sulfonamides is 1. The van der Waals surface area contributed by atoms with Gasteiger partial charge in [-0.2, -0.15) is 0 Å². The number of para-hydroxylation sites is 1. The van der Waals surface area contributed by atoms with Crippen molar-refractivity contribution in [1.82, 2.24) is 5.32 Å². The zero-order chi connectivity index (χ0) is 17.9. The summed E-state index contributed by atoms with van der Waals surface area (Å²) < 4.78 is 28.3. The molecule has 0 aliphatic carbocycles. The number of halogens is 1. The summed E-state index contributed by atoms with van der Waals surface area (Å²) in [6.07, 6.45) is 0. The number of hydrogen-bond donors (Lipinski definition) is 2. The van der Waals surface area contributed by atoms with Crippen molar-refractivity contribution in [3.05, 3.63) is 58.6 Å². The first-order valence-corrected chi connectivity index (χ1v) is 8.92. The number of rotatable bonds is 5. The van der Waals surface area contributed by atoms with Crippen LogP contribution in [0.3, 0.4) is 0 Å². The molecule has 0 bridgehead atoms. The van der Waals surface area contributed by atoms with Crippen LogP contribution in [0.15, 0.2) is 47.4 Å². The SMILES string of the molecule is COc1ccccc1C(C)NC(=O)c1ccc(Cl)c(S(N)(=O)=O)c1. The van der Waals surface area contributed by atoms with E-state index < -0.39 is 15.9 Å². The summed E-state index contributed by atoms with van der Waals surface area (Å²) in [6.45, 7) is 1.80. The van der Waals surface area contributed by atoms with Crippen molar-refractivity contribution < 1.29 is 17.9 Å². The lowest BCUT2D eigenvalue weighted by molar-refractivity contribution is 0.0939. The monoisotopic (exact) mass is 368 g/mol. The van der Waals surface area contributed by atoms with Gasteiger partial charge in [-0.3, -0.25) is 4.79 Å². The fourth-order valence-electron chi connectivity index (χ4n) is 2.24. The Morgan fingerprint density at radius 3 is 2.54 bits per heavy atom. The van der Waals surface area contributed by atoms with Crippen molar-refractivity contribution in [1.29, 1.82) is 0 Å². The number of ether oxygens (including phenoxy) is 1. The summed E-state index contributed by atoms with van der Waals surface area (Å²) in [4.78, 5) is 12.1. The van der Waals surface area contributed by atoms with Gasteiger partial charge in [-0.1, -0.05) is 29.8 Å². The minimum Gasteiger partial charge on any atom is -0.496 e. The van der Waals surface area contributed by atoms with E-state index >= 15 is 0 Å². The number of nitrogens with two attached hydrogens (primary N) is 1. The largest absolute Gasteiger partial charge is 0.496 e. The van der Waals surface area contributed by atoms with Gasteiger partial charge >= 0.3 is 0 Å². The van der Waals surface area contributed by atoms with Crippen molar-refractivity contribution in [3.63, 3.8) is 0 Å². The number of carbonyl (C=O) groups is 1. The number of amides is 1. The molecular weight excluding hydrogens is 352 g/mol. The van der Waals surface area contributed by atoms with Crippen molar-refractivity contribution >= 4 is 27.5 Å². The predicted octanol–water partition coefficient (Wildman–Crippen LogP) is 2.49. The maximum absolute atomic E-state index is 12.4. The maximum atomic E-state index is 12.4. The number of carbonyl (C=O) groups excluding carboxylic acids is 1. The van der Waals surface area contributed by atoms with Crippen LogP contribution < -0.4 is 15.2 Å². The van der Waals surface area contributed by atoms with Crippen molar-refractivity contribution in [2.75, 3.05) is 7.11 Å². The molecule has 3 N–H and O–H groups in total. The first-order chi connectivity index (χ1) is 11.2. The van der Waals surface area contributed by atoms with Crippen LogP contribution in [0.4, 0.5) is 0 Å². The molecule has 0 aromatic heterocycles. The minimum absolute atomic E-state index is 0.0353. The molecule has 0 saturated carbocycles. The van der Waals surface area contributed by atoms with E-state index in [-0.39, 0.29) is 21.5 Å². The van der Waals surface area contributed by atoms with Crippen LogP contribution in [-0.2, 0) is 10.0 Å². The third kappa shape index (κ3) is 4.05. The lowest BCUT2D eigenvalue weighted by Gasteiger charge is -2.17. The lowest BCUT2D eigenvalue weighted by Crippen LogP contribution is -2.27. The van der Waals surface area contributed by atoms with E-state index in [4.69, 9.17) is 21.5 Å². The highest BCUT2D eigenvalue weighted by Gasteiger charge is 2.19. The molecule has 2 rings (SSSR count). The first kappa shape index (κ1) is 18.3. The molecule has 128 valence electrons. The normalized spacial score (nSPS) is 12.5. The highest BCUT2D eigenvalue weighted by molar-refractivity contribution is 7.89. The maximum Gasteiger partial charge on any atom is 0.251 e. The summed E-state index contributed by atoms with van der Waals surface area (Å²) in [5.41, 5.74) is 0.944. The van der Waals surface area contributed by atoms with E-state index in [2.05, 4.69) is 5.32 Å². The number of hydrogen-bond acceptors (Lipinski definition) is 4. The van der Waals surface area contributed by atoms with Crippen LogP contribution in [0.25, 0.3) is 0 Å². The van der Waals surface area contributed by atoms with Crippen molar-refractivity contribution in [3.8, 4) is 5.75 Å². The Balaban J connectivity index is 2.27. The Morgan fingerprint density at radius 1 is 1.25 bits per heavy atom. The zero-order valence-electron chi connectivity index (χ0n) is 13.1. The second-order valence-corrected chi connectivity index (χ2v) is 7.06. The molecule has 1 amide bonds. The fraction of sp³-hybridized carbons (Fsp3) is 0.188. The highest BCUT2D eigenvalue weighted by Crippen LogP contribution is 2.25. The number of methoxy groups -OCH3 is 1. The standard InChI is InChI=1S/C16H17ClN2O4S/c1-10(12-5-3-4-6-14(12)23-2)19-16(20)11-7-8-13(17)15(9-11)24(18,21)22/h3-10H,1-2H3,(H,19,20)(H2,18,21,22). The zero-order valence-corrected chi connectivity index (χ0v) is 14.7. The van der Waals surface area contributed by atoms with Gasteiger partial charge < -0.3 is 10.1 Å². The van der Waals surface area contributed by atoms with Gasteiger partial charge in [0, 0.05) is 11.1 Å². The molecule has 2 aromatic rings. The topological polar surface area (TPSA) is 98.5 Å². The smallest absolute Gasteiger partial charge is 0.251 e. The average molecular weight is 369 g/mol. The molecule has 8 heteroatoms. The van der Waals surface area contributed by atoms with Crippen LogP contribution >= 0.6 is 11.6 Å². The Hall–Kier alpha value is -2.09. The first-order valence-electron chi connectivity index (χ1n) is 7.00. The molecule has 1 atom stereocenters. The van der Waals surface area contributed by atoms with Gasteiger partial charge in [0.25, 0.3) is 5.91 Å². The second-order valence-electron chi connectivity index (χ2n) is 5.13. The third-order valence-electron chi connectivity index (χ3n) is 3.45. The van der Waals surface area contributed by atoms with Crippen molar-refractivity contribution in [2.24, 2.45) is 5.14 Å². The summed E-state index contributed by atoms with van der Waals surface area (Å²) >= 11 is 5.82. The van der Waals surface area contributed by atoms with E-state index in [1.807, 2.05) is 18.2 Å². The fourth-order valence-corrected chi connectivity index (χ4v) is 3.32. The molecule has 0 saturated heterocycles. The minimum atomic E-state index is -4.01. The van der Waals surface area contributed by atoms with E-state index in [1.54, 1.807) is 20.1 Å². The Labute approximate surface area is 145 Å². The van der Waals surface area contributed by atoms with E-state index in [0.717, 1.165) is 11.6 Å². The average Bonchev–Trinajstić information content (AvgIpc) is 2.53. The Bertz CT molecular complexity index is 868. The number of nitrogens with one attached hydrogen (secondary N) is 1. The second kappa shape index (κ2) is 7.21. The van der Waals surface area contributed by atoms with Gasteiger partial charge in [-0.25, -0.2) is 13.6 Å². The van der Waals surface area contributed by atoms with Crippen LogP contribution in [0.5, 0.6) is 5.75 Å². The molecule has 24 heavy (non-hydrogen) atoms. The third-order valence-corrected chi connectivity index (χ3v) is 4.85. The molecule has 6 nitrogen and oxygen atoms in total. The van der Waals surface area contributed by atoms with Gasteiger partial charge in [-0.15, -0.1) is 0 Å². The van der Waals surface area contributed by atoms with E-state index in [0.29, 0.717) is 5.75 Å². The summed E-state index contributed by atoms with van der Waals surface area (Å²) in [7, 11) is -2.47. The van der Waals surface area contributed by atoms with Gasteiger partial charge in [0.05, 0.1) is 18.2 Å². The molecule has 0 aliphatic rings. The van der Waals surface area contributed by atoms with E-state index in [1.165, 1.54) is 12.1 Å². The molecule has 0 aliphatic heterocycles. The van der Waals surface area contributed by atoms with Gasteiger partial charge in [0.1, 0.15) is 10.6 Å². The Kier molecular flexibility index (Phi) is 5.48. The van der Waals surface area contributed by atoms with Crippen LogP contribution in [0.2, 0.25) is 5.02 Å². The van der Waals surface area contributed by atoms with Crippen molar-refractivity contribution in [2.45, 2.75) is 17.9 Å². The van der Waals surface area contributed by atoms with Gasteiger partial charge in [-0.05, 0) is 31.2 Å². The summed E-state index contributed by atoms with van der Waals surface area (Å²) in [6, 6.07) is 10.9. The predicted molar refractivity (Wildman–Crippen MR) is 91.7 cm³/mol. The molecule has 0 radical (unpaired) electrons.